The highest BCUT2D eigenvalue weighted by Crippen LogP contribution is 2.18. The van der Waals surface area contributed by atoms with E-state index >= 15 is 0 Å². The Morgan fingerprint density at radius 3 is 1.38 bits per heavy atom. The number of aliphatic hydroxyl groups is 1. The molecule has 0 aliphatic carbocycles. The number of benzene rings is 2. The van der Waals surface area contributed by atoms with Crippen LogP contribution in [-0.4, -0.2) is 12.2 Å². The van der Waals surface area contributed by atoms with E-state index in [1.54, 1.807) is 0 Å². The molecule has 0 saturated heterocycles. The van der Waals surface area contributed by atoms with Crippen LogP contribution in [0.3, 0.4) is 0 Å². The summed E-state index contributed by atoms with van der Waals surface area (Å²) < 4.78 is 12.0. The van der Waals surface area contributed by atoms with Crippen LogP contribution in [0.15, 0.2) is 60.7 Å². The topological polar surface area (TPSA) is 37.3 Å². The molecular weight excluding hydrogens is 219 g/mol. The van der Waals surface area contributed by atoms with E-state index in [4.69, 9.17) is 5.11 Å². The van der Waals surface area contributed by atoms with E-state index in [0.29, 0.717) is 0 Å². The van der Waals surface area contributed by atoms with Crippen LogP contribution in [0.2, 0.25) is 0 Å². The van der Waals surface area contributed by atoms with Crippen LogP contribution in [-0.2, 0) is 4.57 Å². The molecule has 83 valence electrons. The van der Waals surface area contributed by atoms with Gasteiger partial charge < -0.3 is 5.11 Å². The van der Waals surface area contributed by atoms with Crippen molar-refractivity contribution in [3.8, 4) is 0 Å². The zero-order valence-corrected chi connectivity index (χ0v) is 9.97. The predicted molar refractivity (Wildman–Crippen MR) is 67.9 cm³/mol. The molecule has 1 radical (unpaired) electrons. The molecule has 0 bridgehead atoms. The fourth-order valence-corrected chi connectivity index (χ4v) is 2.46. The maximum atomic E-state index is 12.0. The van der Waals surface area contributed by atoms with E-state index in [-0.39, 0.29) is 0 Å². The minimum absolute atomic E-state index is 0.883. The van der Waals surface area contributed by atoms with Gasteiger partial charge in [0, 0.05) is 17.7 Å². The lowest BCUT2D eigenvalue weighted by atomic mass is 10.4. The molecule has 0 aliphatic heterocycles. The molecule has 0 fully saturated rings. The summed E-state index contributed by atoms with van der Waals surface area (Å²) in [6.45, 7) is 0. The van der Waals surface area contributed by atoms with Gasteiger partial charge in [0.15, 0.2) is 0 Å². The van der Waals surface area contributed by atoms with Gasteiger partial charge in [0.25, 0.3) is 0 Å². The van der Waals surface area contributed by atoms with Crippen molar-refractivity contribution in [3.05, 3.63) is 60.7 Å². The Bertz CT molecular complexity index is 385. The van der Waals surface area contributed by atoms with Crippen molar-refractivity contribution in [2.45, 2.75) is 0 Å². The van der Waals surface area contributed by atoms with Crippen LogP contribution in [0.1, 0.15) is 0 Å². The first-order valence-corrected chi connectivity index (χ1v) is 6.16. The second-order valence-electron chi connectivity index (χ2n) is 2.97. The first-order valence-electron chi connectivity index (χ1n) is 4.90. The third kappa shape index (κ3) is 3.27. The average molecular weight is 233 g/mol. The van der Waals surface area contributed by atoms with Gasteiger partial charge in [0.1, 0.15) is 7.80 Å². The van der Waals surface area contributed by atoms with E-state index < -0.39 is 7.80 Å². The fraction of sp³-hybridized carbons (Fsp3) is 0.0769. The summed E-state index contributed by atoms with van der Waals surface area (Å²) in [4.78, 5) is 0. The number of aliphatic hydroxyl groups excluding tert-OH is 1. The molecule has 0 aromatic heterocycles. The molecule has 0 amide bonds. The first kappa shape index (κ1) is 12.6. The summed E-state index contributed by atoms with van der Waals surface area (Å²) >= 11 is 0. The number of rotatable bonds is 2. The molecule has 0 aliphatic rings. The van der Waals surface area contributed by atoms with Gasteiger partial charge in [-0.3, -0.25) is 4.57 Å². The molecule has 2 nitrogen and oxygen atoms in total. The van der Waals surface area contributed by atoms with E-state index in [0.717, 1.165) is 17.7 Å². The van der Waals surface area contributed by atoms with Gasteiger partial charge in [-0.2, -0.15) is 0 Å². The molecule has 0 spiro atoms. The number of hydrogen-bond acceptors (Lipinski definition) is 2. The monoisotopic (exact) mass is 233 g/mol. The molecule has 0 unspecified atom stereocenters. The second kappa shape index (κ2) is 6.89. The lowest BCUT2D eigenvalue weighted by Gasteiger charge is -1.99. The smallest absolute Gasteiger partial charge is 0.136 e. The van der Waals surface area contributed by atoms with Crippen LogP contribution in [0.5, 0.6) is 0 Å². The quantitative estimate of drug-likeness (QED) is 0.806. The molecule has 2 aromatic carbocycles. The Hall–Kier alpha value is -1.50. The van der Waals surface area contributed by atoms with Crippen molar-refractivity contribution in [1.29, 1.82) is 0 Å². The normalized spacial score (nSPS) is 8.88. The maximum Gasteiger partial charge on any atom is 0.136 e. The van der Waals surface area contributed by atoms with Crippen molar-refractivity contribution in [2.75, 3.05) is 7.11 Å². The van der Waals surface area contributed by atoms with Gasteiger partial charge in [0.05, 0.1) is 0 Å². The largest absolute Gasteiger partial charge is 0.400 e. The number of hydrogen-bond donors (Lipinski definition) is 1. The highest BCUT2D eigenvalue weighted by molar-refractivity contribution is 7.61. The standard InChI is InChI=1S/C12H10OP.CH4O/c13-14(11-7-3-1-4-8-11)12-9-5-2-6-10-12;1-2/h1-10H;2H,1H3. The molecule has 2 rings (SSSR count). The second-order valence-corrected chi connectivity index (χ2v) is 4.59. The van der Waals surface area contributed by atoms with E-state index in [1.165, 1.54) is 0 Å². The average Bonchev–Trinajstić information content (AvgIpc) is 2.42. The van der Waals surface area contributed by atoms with Gasteiger partial charge in [-0.1, -0.05) is 36.4 Å². The third-order valence-electron chi connectivity index (χ3n) is 1.98. The Kier molecular flexibility index (Phi) is 5.41. The Balaban J connectivity index is 0.000000606. The van der Waals surface area contributed by atoms with Crippen molar-refractivity contribution >= 4 is 18.4 Å². The van der Waals surface area contributed by atoms with Gasteiger partial charge in [-0.05, 0) is 24.3 Å². The fourth-order valence-electron chi connectivity index (χ4n) is 1.28. The summed E-state index contributed by atoms with van der Waals surface area (Å²) in [5, 5.41) is 8.77. The van der Waals surface area contributed by atoms with E-state index in [2.05, 4.69) is 0 Å². The van der Waals surface area contributed by atoms with Crippen LogP contribution < -0.4 is 10.6 Å². The summed E-state index contributed by atoms with van der Waals surface area (Å²) in [5.41, 5.74) is 0. The van der Waals surface area contributed by atoms with Gasteiger partial charge in [-0.15, -0.1) is 0 Å². The van der Waals surface area contributed by atoms with Crippen LogP contribution in [0.4, 0.5) is 0 Å². The molecule has 16 heavy (non-hydrogen) atoms. The van der Waals surface area contributed by atoms with Gasteiger partial charge in [-0.25, -0.2) is 0 Å². The van der Waals surface area contributed by atoms with Crippen molar-refractivity contribution in [1.82, 2.24) is 0 Å². The Labute approximate surface area is 96.4 Å². The summed E-state index contributed by atoms with van der Waals surface area (Å²) in [6, 6.07) is 19.1. The SMILES string of the molecule is CO.O=[P](c1ccccc1)c1ccccc1. The maximum absolute atomic E-state index is 12.0. The van der Waals surface area contributed by atoms with Crippen LogP contribution in [0, 0.1) is 0 Å². The molecule has 2 aromatic rings. The highest BCUT2D eigenvalue weighted by atomic mass is 31.1. The third-order valence-corrected chi connectivity index (χ3v) is 3.52. The minimum atomic E-state index is -1.42. The van der Waals surface area contributed by atoms with E-state index in [9.17, 15) is 4.57 Å². The highest BCUT2D eigenvalue weighted by Gasteiger charge is 2.05. The Morgan fingerprint density at radius 1 is 0.750 bits per heavy atom. The summed E-state index contributed by atoms with van der Waals surface area (Å²) in [5.74, 6) is 0. The van der Waals surface area contributed by atoms with Crippen LogP contribution >= 0.6 is 7.80 Å². The summed E-state index contributed by atoms with van der Waals surface area (Å²) in [7, 11) is -0.421. The molecule has 0 saturated carbocycles. The molecule has 3 heteroatoms. The van der Waals surface area contributed by atoms with Crippen molar-refractivity contribution in [2.24, 2.45) is 0 Å². The lowest BCUT2D eigenvalue weighted by molar-refractivity contribution is 0.399. The predicted octanol–water partition coefficient (Wildman–Crippen LogP) is 2.07. The Morgan fingerprint density at radius 2 is 1.06 bits per heavy atom. The first-order chi connectivity index (χ1) is 7.88. The van der Waals surface area contributed by atoms with E-state index in [1.807, 2.05) is 60.7 Å². The molecule has 0 heterocycles. The van der Waals surface area contributed by atoms with Crippen LogP contribution in [0.25, 0.3) is 0 Å². The van der Waals surface area contributed by atoms with Crippen molar-refractivity contribution < 1.29 is 9.67 Å². The van der Waals surface area contributed by atoms with Gasteiger partial charge in [0.2, 0.25) is 0 Å². The van der Waals surface area contributed by atoms with Gasteiger partial charge >= 0.3 is 0 Å². The molecule has 1 N–H and O–H groups in total. The zero-order valence-electron chi connectivity index (χ0n) is 9.08. The minimum Gasteiger partial charge on any atom is -0.400 e. The molecule has 0 atom stereocenters. The lowest BCUT2D eigenvalue weighted by Crippen LogP contribution is -2.04. The summed E-state index contributed by atoms with van der Waals surface area (Å²) in [6.07, 6.45) is 0. The van der Waals surface area contributed by atoms with Crippen molar-refractivity contribution in [3.63, 3.8) is 0 Å². The zero-order chi connectivity index (χ0) is 11.8. The molecular formula is C13H14O2P.